The minimum atomic E-state index is -0.419. The van der Waals surface area contributed by atoms with Crippen LogP contribution in [0.5, 0.6) is 5.75 Å². The highest BCUT2D eigenvalue weighted by molar-refractivity contribution is 6.23. The van der Waals surface area contributed by atoms with Gasteiger partial charge in [0, 0.05) is 0 Å². The molecule has 0 radical (unpaired) electrons. The van der Waals surface area contributed by atoms with Crippen LogP contribution in [0.3, 0.4) is 0 Å². The third-order valence-corrected chi connectivity index (χ3v) is 1.84. The predicted molar refractivity (Wildman–Crippen MR) is 85.1 cm³/mol. The highest BCUT2D eigenvalue weighted by Gasteiger charge is 1.96. The van der Waals surface area contributed by atoms with Gasteiger partial charge in [-0.1, -0.05) is 34.6 Å². The Balaban J connectivity index is 0. The van der Waals surface area contributed by atoms with Crippen LogP contribution >= 0.6 is 0 Å². The third kappa shape index (κ3) is 10.1. The minimum Gasteiger partial charge on any atom is -0.497 e. The van der Waals surface area contributed by atoms with E-state index in [4.69, 9.17) is 9.47 Å². The van der Waals surface area contributed by atoms with Crippen LogP contribution in [0.1, 0.15) is 41.0 Å². The minimum absolute atomic E-state index is 0.419. The molecule has 4 heteroatoms. The lowest BCUT2D eigenvalue weighted by molar-refractivity contribution is -0.135. The molecule has 0 aromatic heterocycles. The molecule has 0 heterocycles. The van der Waals surface area contributed by atoms with Crippen LogP contribution in [0.15, 0.2) is 29.3 Å². The number of methoxy groups -OCH3 is 1. The SMILES string of the molecule is CC.CC.CCCOC(=O)C=Nc1ccc(OC)cc1. The fourth-order valence-electron chi connectivity index (χ4n) is 1.04. The molecular formula is C16H27NO3. The highest BCUT2D eigenvalue weighted by atomic mass is 16.5. The molecule has 4 nitrogen and oxygen atoms in total. The summed E-state index contributed by atoms with van der Waals surface area (Å²) in [7, 11) is 1.60. The van der Waals surface area contributed by atoms with Gasteiger partial charge in [0.25, 0.3) is 0 Å². The summed E-state index contributed by atoms with van der Waals surface area (Å²) in [4.78, 5) is 15.1. The number of aliphatic imine (C=N–C) groups is 1. The summed E-state index contributed by atoms with van der Waals surface area (Å²) < 4.78 is 9.85. The second kappa shape index (κ2) is 15.2. The van der Waals surface area contributed by atoms with Crippen molar-refractivity contribution in [3.63, 3.8) is 0 Å². The number of ether oxygens (including phenoxy) is 2. The standard InChI is InChI=1S/C12H15NO3.2C2H6/c1-3-8-16-12(14)9-13-10-4-6-11(15-2)7-5-10;2*1-2/h4-7,9H,3,8H2,1-2H3;2*1-2H3. The van der Waals surface area contributed by atoms with Gasteiger partial charge in [-0.2, -0.15) is 0 Å². The van der Waals surface area contributed by atoms with Crippen molar-refractivity contribution >= 4 is 17.9 Å². The molecule has 0 aliphatic rings. The van der Waals surface area contributed by atoms with E-state index in [2.05, 4.69) is 4.99 Å². The lowest BCUT2D eigenvalue weighted by Gasteiger charge is -1.99. The van der Waals surface area contributed by atoms with E-state index in [0.717, 1.165) is 12.2 Å². The number of esters is 1. The first kappa shape index (κ1) is 20.5. The molecule has 0 spiro atoms. The van der Waals surface area contributed by atoms with E-state index in [1.165, 1.54) is 6.21 Å². The number of hydrogen-bond donors (Lipinski definition) is 0. The van der Waals surface area contributed by atoms with Crippen molar-refractivity contribution in [1.29, 1.82) is 0 Å². The number of rotatable bonds is 5. The van der Waals surface area contributed by atoms with Gasteiger partial charge < -0.3 is 9.47 Å². The van der Waals surface area contributed by atoms with Crippen LogP contribution in [0.25, 0.3) is 0 Å². The normalized spacial score (nSPS) is 8.90. The van der Waals surface area contributed by atoms with Crippen LogP contribution in [0.2, 0.25) is 0 Å². The van der Waals surface area contributed by atoms with Gasteiger partial charge in [-0.05, 0) is 30.7 Å². The Bertz CT molecular complexity index is 358. The van der Waals surface area contributed by atoms with Crippen molar-refractivity contribution in [2.45, 2.75) is 41.0 Å². The second-order valence-electron chi connectivity index (χ2n) is 3.12. The Morgan fingerprint density at radius 2 is 1.70 bits per heavy atom. The van der Waals surface area contributed by atoms with Gasteiger partial charge in [0.1, 0.15) is 12.0 Å². The number of carbonyl (C=O) groups excluding carboxylic acids is 1. The molecule has 20 heavy (non-hydrogen) atoms. The van der Waals surface area contributed by atoms with Gasteiger partial charge >= 0.3 is 5.97 Å². The molecule has 0 bridgehead atoms. The van der Waals surface area contributed by atoms with E-state index in [-0.39, 0.29) is 0 Å². The first-order valence-corrected chi connectivity index (χ1v) is 7.11. The van der Waals surface area contributed by atoms with Gasteiger partial charge in [0.15, 0.2) is 0 Å². The Morgan fingerprint density at radius 1 is 1.15 bits per heavy atom. The summed E-state index contributed by atoms with van der Waals surface area (Å²) in [5.74, 6) is 0.338. The molecule has 0 aliphatic carbocycles. The lowest BCUT2D eigenvalue weighted by atomic mass is 10.3. The topological polar surface area (TPSA) is 47.9 Å². The zero-order valence-electron chi connectivity index (χ0n) is 13.5. The Kier molecular flexibility index (Phi) is 15.6. The molecule has 0 atom stereocenters. The molecule has 0 amide bonds. The third-order valence-electron chi connectivity index (χ3n) is 1.84. The summed E-state index contributed by atoms with van der Waals surface area (Å²) >= 11 is 0. The maximum absolute atomic E-state index is 11.1. The fourth-order valence-corrected chi connectivity index (χ4v) is 1.04. The van der Waals surface area contributed by atoms with Crippen LogP contribution in [0.4, 0.5) is 5.69 Å². The van der Waals surface area contributed by atoms with Gasteiger partial charge in [-0.3, -0.25) is 0 Å². The number of carbonyl (C=O) groups is 1. The average Bonchev–Trinajstić information content (AvgIpc) is 2.55. The van der Waals surface area contributed by atoms with Crippen molar-refractivity contribution in [2.75, 3.05) is 13.7 Å². The Morgan fingerprint density at radius 3 is 2.15 bits per heavy atom. The maximum Gasteiger partial charge on any atom is 0.349 e. The molecular weight excluding hydrogens is 254 g/mol. The summed E-state index contributed by atoms with van der Waals surface area (Å²) in [6.07, 6.45) is 1.99. The molecule has 0 saturated heterocycles. The van der Waals surface area contributed by atoms with Gasteiger partial charge in [-0.25, -0.2) is 9.79 Å². The smallest absolute Gasteiger partial charge is 0.349 e. The number of nitrogens with zero attached hydrogens (tertiary/aromatic N) is 1. The van der Waals surface area contributed by atoms with E-state index in [1.54, 1.807) is 31.4 Å². The van der Waals surface area contributed by atoms with Crippen LogP contribution in [-0.4, -0.2) is 25.9 Å². The molecule has 1 aromatic carbocycles. The summed E-state index contributed by atoms with van der Waals surface area (Å²) in [6, 6.07) is 7.10. The largest absolute Gasteiger partial charge is 0.497 e. The number of benzene rings is 1. The monoisotopic (exact) mass is 281 g/mol. The van der Waals surface area contributed by atoms with Crippen molar-refractivity contribution in [1.82, 2.24) is 0 Å². The summed E-state index contributed by atoms with van der Waals surface area (Å²) in [5.41, 5.74) is 0.689. The molecule has 0 fully saturated rings. The van der Waals surface area contributed by atoms with Crippen molar-refractivity contribution in [3.05, 3.63) is 24.3 Å². The lowest BCUT2D eigenvalue weighted by Crippen LogP contribution is -2.05. The van der Waals surface area contributed by atoms with Gasteiger partial charge in [-0.15, -0.1) is 0 Å². The molecule has 1 aromatic rings. The molecule has 1 rings (SSSR count). The van der Waals surface area contributed by atoms with Crippen molar-refractivity contribution < 1.29 is 14.3 Å². The van der Waals surface area contributed by atoms with E-state index in [9.17, 15) is 4.79 Å². The van der Waals surface area contributed by atoms with Crippen molar-refractivity contribution in [2.24, 2.45) is 4.99 Å². The zero-order valence-corrected chi connectivity index (χ0v) is 13.5. The Labute approximate surface area is 122 Å². The summed E-state index contributed by atoms with van der Waals surface area (Å²) in [5, 5.41) is 0. The molecule has 0 saturated carbocycles. The van der Waals surface area contributed by atoms with Crippen LogP contribution in [0, 0.1) is 0 Å². The predicted octanol–water partition coefficient (Wildman–Crippen LogP) is 4.40. The van der Waals surface area contributed by atoms with E-state index < -0.39 is 5.97 Å². The van der Waals surface area contributed by atoms with Gasteiger partial charge in [0.2, 0.25) is 0 Å². The molecule has 0 unspecified atom stereocenters. The zero-order chi connectivity index (χ0) is 15.8. The molecule has 0 aliphatic heterocycles. The first-order chi connectivity index (χ1) is 9.76. The highest BCUT2D eigenvalue weighted by Crippen LogP contribution is 2.16. The summed E-state index contributed by atoms with van der Waals surface area (Å²) in [6.45, 7) is 10.4. The average molecular weight is 281 g/mol. The quantitative estimate of drug-likeness (QED) is 0.593. The van der Waals surface area contributed by atoms with Crippen LogP contribution in [-0.2, 0) is 9.53 Å². The number of hydrogen-bond acceptors (Lipinski definition) is 4. The van der Waals surface area contributed by atoms with Gasteiger partial charge in [0.05, 0.1) is 19.4 Å². The molecule has 114 valence electrons. The Hall–Kier alpha value is -1.84. The van der Waals surface area contributed by atoms with Crippen LogP contribution < -0.4 is 4.74 Å². The fraction of sp³-hybridized carbons (Fsp3) is 0.500. The molecule has 0 N–H and O–H groups in total. The first-order valence-electron chi connectivity index (χ1n) is 7.11. The van der Waals surface area contributed by atoms with E-state index >= 15 is 0 Å². The van der Waals surface area contributed by atoms with E-state index in [0.29, 0.717) is 12.3 Å². The maximum atomic E-state index is 11.1. The van der Waals surface area contributed by atoms with E-state index in [1.807, 2.05) is 34.6 Å². The van der Waals surface area contributed by atoms with Crippen molar-refractivity contribution in [3.8, 4) is 5.75 Å². The second-order valence-corrected chi connectivity index (χ2v) is 3.12.